The molecule has 1 aromatic rings. The van der Waals surface area contributed by atoms with E-state index >= 15 is 0 Å². The lowest BCUT2D eigenvalue weighted by molar-refractivity contribution is -0.141. The van der Waals surface area contributed by atoms with Gasteiger partial charge in [-0.3, -0.25) is 4.90 Å². The fourth-order valence-electron chi connectivity index (χ4n) is 2.93. The molecule has 0 saturated carbocycles. The lowest BCUT2D eigenvalue weighted by Gasteiger charge is -2.37. The van der Waals surface area contributed by atoms with Gasteiger partial charge in [-0.25, -0.2) is 0 Å². The van der Waals surface area contributed by atoms with Crippen LogP contribution in [0.3, 0.4) is 0 Å². The number of hydrogen-bond acceptors (Lipinski definition) is 2. The largest absolute Gasteiger partial charge is 0.416 e. The average Bonchev–Trinajstić information content (AvgIpc) is 2.47. The molecule has 0 aromatic heterocycles. The normalized spacial score (nSPS) is 17.9. The highest BCUT2D eigenvalue weighted by Crippen LogP contribution is 2.42. The van der Waals surface area contributed by atoms with Crippen LogP contribution in [0, 0.1) is 0 Å². The Labute approximate surface area is 152 Å². The first kappa shape index (κ1) is 22.3. The fourth-order valence-corrected chi connectivity index (χ4v) is 3.23. The van der Waals surface area contributed by atoms with Crippen molar-refractivity contribution in [1.82, 2.24) is 10.2 Å². The van der Waals surface area contributed by atoms with Crippen molar-refractivity contribution in [3.63, 3.8) is 0 Å². The third-order valence-corrected chi connectivity index (χ3v) is 4.31. The van der Waals surface area contributed by atoms with Gasteiger partial charge < -0.3 is 5.32 Å². The van der Waals surface area contributed by atoms with E-state index in [0.29, 0.717) is 26.2 Å². The minimum absolute atomic E-state index is 0. The standard InChI is InChI=1S/C15H17ClF6N2.ClH/c16-11-3-1-2-10(15(20,21)22)13(11)12(4-5-14(17,18)19)24-8-6-23-7-9-24;/h1-3,12,23H,4-9H2;1H/t12-;/m1./s1. The SMILES string of the molecule is Cl.FC(F)(F)CC[C@H](c1c(Cl)cccc1C(F)(F)F)N1CCNCC1. The van der Waals surface area contributed by atoms with Gasteiger partial charge in [0.1, 0.15) is 0 Å². The Morgan fingerprint density at radius 1 is 1.08 bits per heavy atom. The molecule has 1 aliphatic rings. The van der Waals surface area contributed by atoms with Crippen molar-refractivity contribution in [2.45, 2.75) is 31.2 Å². The average molecular weight is 411 g/mol. The number of halogens is 8. The topological polar surface area (TPSA) is 15.3 Å². The van der Waals surface area contributed by atoms with Gasteiger partial charge in [-0.2, -0.15) is 26.3 Å². The Morgan fingerprint density at radius 2 is 1.68 bits per heavy atom. The molecule has 1 N–H and O–H groups in total. The molecule has 10 heteroatoms. The third kappa shape index (κ3) is 6.20. The molecule has 25 heavy (non-hydrogen) atoms. The second-order valence-electron chi connectivity index (χ2n) is 5.65. The molecule has 144 valence electrons. The van der Waals surface area contributed by atoms with Gasteiger partial charge in [0.2, 0.25) is 0 Å². The van der Waals surface area contributed by atoms with Crippen molar-refractivity contribution in [3.8, 4) is 0 Å². The van der Waals surface area contributed by atoms with E-state index in [4.69, 9.17) is 11.6 Å². The zero-order valence-corrected chi connectivity index (χ0v) is 14.6. The van der Waals surface area contributed by atoms with Gasteiger partial charge in [-0.15, -0.1) is 12.4 Å². The zero-order chi connectivity index (χ0) is 18.0. The number of piperazine rings is 1. The molecule has 1 aliphatic heterocycles. The summed E-state index contributed by atoms with van der Waals surface area (Å²) in [6.45, 7) is 1.75. The van der Waals surface area contributed by atoms with Crippen LogP contribution < -0.4 is 5.32 Å². The highest BCUT2D eigenvalue weighted by Gasteiger charge is 2.39. The van der Waals surface area contributed by atoms with E-state index in [2.05, 4.69) is 5.32 Å². The van der Waals surface area contributed by atoms with Crippen LogP contribution in [-0.4, -0.2) is 37.3 Å². The first-order chi connectivity index (χ1) is 11.1. The van der Waals surface area contributed by atoms with Crippen LogP contribution >= 0.6 is 24.0 Å². The van der Waals surface area contributed by atoms with Gasteiger partial charge >= 0.3 is 12.4 Å². The number of hydrogen-bond donors (Lipinski definition) is 1. The fraction of sp³-hybridized carbons (Fsp3) is 0.600. The molecular weight excluding hydrogens is 393 g/mol. The highest BCUT2D eigenvalue weighted by molar-refractivity contribution is 6.31. The van der Waals surface area contributed by atoms with Gasteiger partial charge in [0.05, 0.1) is 5.56 Å². The predicted octanol–water partition coefficient (Wildman–Crippen LogP) is 5.07. The minimum Gasteiger partial charge on any atom is -0.314 e. The van der Waals surface area contributed by atoms with E-state index in [0.717, 1.165) is 12.1 Å². The first-order valence-electron chi connectivity index (χ1n) is 7.47. The van der Waals surface area contributed by atoms with Crippen LogP contribution in [0.25, 0.3) is 0 Å². The Morgan fingerprint density at radius 3 is 2.20 bits per heavy atom. The van der Waals surface area contributed by atoms with E-state index in [-0.39, 0.29) is 23.0 Å². The van der Waals surface area contributed by atoms with Crippen molar-refractivity contribution in [2.75, 3.05) is 26.2 Å². The van der Waals surface area contributed by atoms with E-state index < -0.39 is 36.8 Å². The van der Waals surface area contributed by atoms with E-state index in [1.165, 1.54) is 6.07 Å². The van der Waals surface area contributed by atoms with Gasteiger partial charge in [-0.1, -0.05) is 17.7 Å². The summed E-state index contributed by atoms with van der Waals surface area (Å²) in [7, 11) is 0. The van der Waals surface area contributed by atoms with E-state index in [9.17, 15) is 26.3 Å². The molecule has 1 aromatic carbocycles. The van der Waals surface area contributed by atoms with Crippen molar-refractivity contribution < 1.29 is 26.3 Å². The van der Waals surface area contributed by atoms with Crippen LogP contribution in [0.5, 0.6) is 0 Å². The van der Waals surface area contributed by atoms with Crippen LogP contribution in [-0.2, 0) is 6.18 Å². The predicted molar refractivity (Wildman–Crippen MR) is 86.2 cm³/mol. The van der Waals surface area contributed by atoms with Crippen LogP contribution in [0.2, 0.25) is 5.02 Å². The van der Waals surface area contributed by atoms with Crippen LogP contribution in [0.1, 0.15) is 30.0 Å². The van der Waals surface area contributed by atoms with Crippen molar-refractivity contribution in [1.29, 1.82) is 0 Å². The Hall–Kier alpha value is -0.700. The van der Waals surface area contributed by atoms with Crippen LogP contribution in [0.4, 0.5) is 26.3 Å². The summed E-state index contributed by atoms with van der Waals surface area (Å²) in [5.74, 6) is 0. The molecule has 2 rings (SSSR count). The number of nitrogens with zero attached hydrogens (tertiary/aromatic N) is 1. The maximum absolute atomic E-state index is 13.3. The second kappa shape index (κ2) is 8.79. The maximum Gasteiger partial charge on any atom is 0.416 e. The molecule has 2 nitrogen and oxygen atoms in total. The second-order valence-corrected chi connectivity index (χ2v) is 6.06. The molecule has 1 heterocycles. The summed E-state index contributed by atoms with van der Waals surface area (Å²) in [4.78, 5) is 1.64. The van der Waals surface area contributed by atoms with Crippen molar-refractivity contribution in [2.24, 2.45) is 0 Å². The molecule has 0 radical (unpaired) electrons. The van der Waals surface area contributed by atoms with Gasteiger partial charge in [-0.05, 0) is 18.6 Å². The first-order valence-corrected chi connectivity index (χ1v) is 7.84. The lowest BCUT2D eigenvalue weighted by Crippen LogP contribution is -2.45. The Bertz CT molecular complexity index is 556. The van der Waals surface area contributed by atoms with Crippen molar-refractivity contribution in [3.05, 3.63) is 34.3 Å². The lowest BCUT2D eigenvalue weighted by atomic mass is 9.94. The molecule has 0 unspecified atom stereocenters. The molecule has 0 bridgehead atoms. The zero-order valence-electron chi connectivity index (χ0n) is 13.1. The summed E-state index contributed by atoms with van der Waals surface area (Å²) in [6.07, 6.45) is -10.7. The number of rotatable bonds is 4. The van der Waals surface area contributed by atoms with E-state index in [1.54, 1.807) is 4.90 Å². The molecule has 1 atom stereocenters. The summed E-state index contributed by atoms with van der Waals surface area (Å²) in [5, 5.41) is 2.88. The maximum atomic E-state index is 13.3. The molecule has 1 saturated heterocycles. The smallest absolute Gasteiger partial charge is 0.314 e. The van der Waals surface area contributed by atoms with Gasteiger partial charge in [0.25, 0.3) is 0 Å². The molecular formula is C15H18Cl2F6N2. The number of benzene rings is 1. The minimum atomic E-state index is -4.68. The molecule has 0 spiro atoms. The third-order valence-electron chi connectivity index (χ3n) is 3.99. The molecule has 1 fully saturated rings. The monoisotopic (exact) mass is 410 g/mol. The van der Waals surface area contributed by atoms with Crippen LogP contribution in [0.15, 0.2) is 18.2 Å². The van der Waals surface area contributed by atoms with Crippen molar-refractivity contribution >= 4 is 24.0 Å². The highest BCUT2D eigenvalue weighted by atomic mass is 35.5. The number of nitrogens with one attached hydrogen (secondary N) is 1. The summed E-state index contributed by atoms with van der Waals surface area (Å²) in [5.41, 5.74) is -1.24. The van der Waals surface area contributed by atoms with E-state index in [1.807, 2.05) is 0 Å². The summed E-state index contributed by atoms with van der Waals surface area (Å²) < 4.78 is 77.9. The van der Waals surface area contributed by atoms with Gasteiger partial charge in [0.15, 0.2) is 0 Å². The van der Waals surface area contributed by atoms with Gasteiger partial charge in [0, 0.05) is 49.2 Å². The number of alkyl halides is 6. The Kier molecular flexibility index (Phi) is 7.86. The quantitative estimate of drug-likeness (QED) is 0.697. The summed E-state index contributed by atoms with van der Waals surface area (Å²) in [6, 6.07) is 2.28. The molecule has 0 amide bonds. The molecule has 0 aliphatic carbocycles. The Balaban J connectivity index is 0.00000312. The summed E-state index contributed by atoms with van der Waals surface area (Å²) >= 11 is 5.98.